The number of hydrogen-bond donors (Lipinski definition) is 2. The summed E-state index contributed by atoms with van der Waals surface area (Å²) in [7, 11) is 0. The van der Waals surface area contributed by atoms with Crippen LogP contribution in [0.4, 0.5) is 14.6 Å². The first kappa shape index (κ1) is 20.3. The standard InChI is InChI=1S/C19H19BrClF2N5O/c1-9-14(12-5-4-10(17(22)23)7-13(12)24)16(20)28-15(9)18(26-19(21)27-28)25-8-11-3-2-6-29-11/h2-4,6,12-13,17H,5,7-8,24H2,1H3,(H,25,26,27). The number of halogens is 4. The van der Waals surface area contributed by atoms with Crippen molar-refractivity contribution in [3.63, 3.8) is 0 Å². The third kappa shape index (κ3) is 3.78. The fourth-order valence-corrected chi connectivity index (χ4v) is 4.88. The molecule has 0 aromatic carbocycles. The average Bonchev–Trinajstić information content (AvgIpc) is 3.27. The SMILES string of the molecule is Cc1c(C2CC=C(C(F)F)CC2N)c(Br)n2nc(Cl)nc(NCc3ccco3)c12. The number of alkyl halides is 2. The van der Waals surface area contributed by atoms with Crippen LogP contribution in [-0.2, 0) is 6.54 Å². The zero-order valence-electron chi connectivity index (χ0n) is 15.5. The lowest BCUT2D eigenvalue weighted by Gasteiger charge is -2.29. The van der Waals surface area contributed by atoms with Crippen LogP contribution in [0.2, 0.25) is 5.28 Å². The van der Waals surface area contributed by atoms with Gasteiger partial charge in [-0.15, -0.1) is 5.10 Å². The summed E-state index contributed by atoms with van der Waals surface area (Å²) in [6, 6.07) is 3.25. The van der Waals surface area contributed by atoms with Gasteiger partial charge in [-0.2, -0.15) is 4.98 Å². The molecule has 29 heavy (non-hydrogen) atoms. The van der Waals surface area contributed by atoms with Crippen molar-refractivity contribution in [3.8, 4) is 0 Å². The maximum absolute atomic E-state index is 13.1. The van der Waals surface area contributed by atoms with E-state index in [1.807, 2.05) is 19.1 Å². The zero-order chi connectivity index (χ0) is 20.7. The summed E-state index contributed by atoms with van der Waals surface area (Å²) in [5.74, 6) is 1.18. The molecule has 2 atom stereocenters. The van der Waals surface area contributed by atoms with Crippen LogP contribution in [0.1, 0.15) is 35.6 Å². The maximum Gasteiger partial charge on any atom is 0.259 e. The molecule has 4 rings (SSSR count). The lowest BCUT2D eigenvalue weighted by Crippen LogP contribution is -2.32. The molecule has 0 saturated carbocycles. The number of hydrogen-bond acceptors (Lipinski definition) is 5. The van der Waals surface area contributed by atoms with Crippen molar-refractivity contribution in [3.05, 3.63) is 56.8 Å². The van der Waals surface area contributed by atoms with E-state index in [0.717, 1.165) is 22.4 Å². The third-order valence-electron chi connectivity index (χ3n) is 5.27. The van der Waals surface area contributed by atoms with Crippen LogP contribution in [0, 0.1) is 6.92 Å². The Bertz CT molecular complexity index is 1070. The van der Waals surface area contributed by atoms with E-state index in [4.69, 9.17) is 21.8 Å². The normalized spacial score (nSPS) is 19.8. The Morgan fingerprint density at radius 3 is 2.93 bits per heavy atom. The lowest BCUT2D eigenvalue weighted by atomic mass is 9.80. The molecular weight excluding hydrogens is 468 g/mol. The molecule has 0 aliphatic heterocycles. The number of aromatic nitrogens is 3. The molecule has 10 heteroatoms. The highest BCUT2D eigenvalue weighted by molar-refractivity contribution is 9.10. The lowest BCUT2D eigenvalue weighted by molar-refractivity contribution is 0.179. The van der Waals surface area contributed by atoms with E-state index >= 15 is 0 Å². The van der Waals surface area contributed by atoms with Gasteiger partial charge in [-0.1, -0.05) is 6.08 Å². The molecule has 0 bridgehead atoms. The summed E-state index contributed by atoms with van der Waals surface area (Å²) in [6.45, 7) is 2.38. The van der Waals surface area contributed by atoms with Gasteiger partial charge in [-0.05, 0) is 76.1 Å². The average molecular weight is 487 g/mol. The molecule has 0 amide bonds. The summed E-state index contributed by atoms with van der Waals surface area (Å²) in [5, 5.41) is 7.62. The Kier molecular flexibility index (Phi) is 5.63. The van der Waals surface area contributed by atoms with E-state index in [1.54, 1.807) is 16.9 Å². The van der Waals surface area contributed by atoms with Crippen LogP contribution in [0.5, 0.6) is 0 Å². The smallest absolute Gasteiger partial charge is 0.259 e. The number of allylic oxidation sites excluding steroid dienone is 1. The first-order chi connectivity index (χ1) is 13.9. The van der Waals surface area contributed by atoms with E-state index in [9.17, 15) is 8.78 Å². The second kappa shape index (κ2) is 8.04. The molecule has 0 fully saturated rings. The van der Waals surface area contributed by atoms with Crippen LogP contribution in [0.15, 0.2) is 39.1 Å². The first-order valence-electron chi connectivity index (χ1n) is 9.10. The fraction of sp³-hybridized carbons (Fsp3) is 0.368. The number of nitrogens with zero attached hydrogens (tertiary/aromatic N) is 3. The highest BCUT2D eigenvalue weighted by atomic mass is 79.9. The molecule has 3 N–H and O–H groups in total. The molecule has 0 radical (unpaired) electrons. The van der Waals surface area contributed by atoms with Gasteiger partial charge < -0.3 is 15.5 Å². The van der Waals surface area contributed by atoms with Gasteiger partial charge in [0.2, 0.25) is 5.28 Å². The first-order valence-corrected chi connectivity index (χ1v) is 10.3. The molecule has 1 aliphatic carbocycles. The predicted octanol–water partition coefficient (Wildman–Crippen LogP) is 5.05. The van der Waals surface area contributed by atoms with Crippen molar-refractivity contribution in [2.75, 3.05) is 5.32 Å². The summed E-state index contributed by atoms with van der Waals surface area (Å²) < 4.78 is 33.8. The van der Waals surface area contributed by atoms with Gasteiger partial charge in [-0.3, -0.25) is 0 Å². The van der Waals surface area contributed by atoms with Crippen LogP contribution >= 0.6 is 27.5 Å². The molecule has 2 unspecified atom stereocenters. The number of aryl methyl sites for hydroxylation is 1. The van der Waals surface area contributed by atoms with Gasteiger partial charge in [-0.25, -0.2) is 13.3 Å². The predicted molar refractivity (Wildman–Crippen MR) is 111 cm³/mol. The van der Waals surface area contributed by atoms with E-state index < -0.39 is 12.5 Å². The van der Waals surface area contributed by atoms with Gasteiger partial charge in [0.25, 0.3) is 6.43 Å². The number of nitrogens with one attached hydrogen (secondary N) is 1. The minimum absolute atomic E-state index is 0.0783. The van der Waals surface area contributed by atoms with Gasteiger partial charge in [0.05, 0.1) is 12.8 Å². The Morgan fingerprint density at radius 1 is 1.48 bits per heavy atom. The van der Waals surface area contributed by atoms with Gasteiger partial charge in [0.15, 0.2) is 5.82 Å². The fourth-order valence-electron chi connectivity index (χ4n) is 3.87. The summed E-state index contributed by atoms with van der Waals surface area (Å²) in [4.78, 5) is 4.33. The summed E-state index contributed by atoms with van der Waals surface area (Å²) in [6.07, 6.45) is 1.33. The quantitative estimate of drug-likeness (QED) is 0.493. The van der Waals surface area contributed by atoms with E-state index in [2.05, 4.69) is 31.3 Å². The Balaban J connectivity index is 1.75. The number of fused-ring (bicyclic) bond motifs is 1. The Morgan fingerprint density at radius 2 is 2.28 bits per heavy atom. The maximum atomic E-state index is 13.1. The number of anilines is 1. The van der Waals surface area contributed by atoms with Crippen LogP contribution in [0.25, 0.3) is 5.52 Å². The van der Waals surface area contributed by atoms with Crippen molar-refractivity contribution in [1.82, 2.24) is 14.6 Å². The largest absolute Gasteiger partial charge is 0.467 e. The minimum atomic E-state index is -2.47. The number of furan rings is 1. The van der Waals surface area contributed by atoms with Crippen molar-refractivity contribution in [2.45, 2.75) is 44.7 Å². The molecular formula is C19H19BrClF2N5O. The number of rotatable bonds is 5. The topological polar surface area (TPSA) is 81.4 Å². The van der Waals surface area contributed by atoms with Gasteiger partial charge >= 0.3 is 0 Å². The zero-order valence-corrected chi connectivity index (χ0v) is 17.8. The molecule has 3 aromatic heterocycles. The molecule has 3 aromatic rings. The molecule has 154 valence electrons. The Hall–Kier alpha value is -1.97. The van der Waals surface area contributed by atoms with Crippen molar-refractivity contribution in [1.29, 1.82) is 0 Å². The number of nitrogens with two attached hydrogens (primary N) is 1. The molecule has 1 aliphatic rings. The second-order valence-electron chi connectivity index (χ2n) is 7.04. The molecule has 6 nitrogen and oxygen atoms in total. The summed E-state index contributed by atoms with van der Waals surface area (Å²) >= 11 is 9.75. The molecule has 0 spiro atoms. The van der Waals surface area contributed by atoms with Gasteiger partial charge in [0, 0.05) is 12.0 Å². The highest BCUT2D eigenvalue weighted by Gasteiger charge is 2.32. The van der Waals surface area contributed by atoms with Crippen molar-refractivity contribution >= 4 is 38.9 Å². The van der Waals surface area contributed by atoms with Crippen LogP contribution in [-0.4, -0.2) is 27.1 Å². The monoisotopic (exact) mass is 485 g/mol. The van der Waals surface area contributed by atoms with Crippen LogP contribution < -0.4 is 11.1 Å². The van der Waals surface area contributed by atoms with E-state index in [1.165, 1.54) is 0 Å². The van der Waals surface area contributed by atoms with Gasteiger partial charge in [0.1, 0.15) is 15.9 Å². The van der Waals surface area contributed by atoms with Crippen molar-refractivity contribution < 1.29 is 13.2 Å². The minimum Gasteiger partial charge on any atom is -0.467 e. The molecule has 0 saturated heterocycles. The third-order valence-corrected chi connectivity index (χ3v) is 6.20. The van der Waals surface area contributed by atoms with E-state index in [-0.39, 0.29) is 23.2 Å². The second-order valence-corrected chi connectivity index (χ2v) is 8.13. The van der Waals surface area contributed by atoms with Crippen molar-refractivity contribution in [2.24, 2.45) is 5.73 Å². The summed E-state index contributed by atoms with van der Waals surface area (Å²) in [5.41, 5.74) is 9.00. The molecule has 3 heterocycles. The van der Waals surface area contributed by atoms with E-state index in [0.29, 0.717) is 23.4 Å². The highest BCUT2D eigenvalue weighted by Crippen LogP contribution is 2.42. The van der Waals surface area contributed by atoms with Crippen LogP contribution in [0.3, 0.4) is 0 Å². The Labute approximate surface area is 179 Å².